The summed E-state index contributed by atoms with van der Waals surface area (Å²) in [5.74, 6) is 0.0531. The molecule has 2 aromatic rings. The molecular formula is C19H22F3N5O3. The second kappa shape index (κ2) is 8.04. The van der Waals surface area contributed by atoms with E-state index in [9.17, 15) is 22.8 Å². The van der Waals surface area contributed by atoms with Gasteiger partial charge >= 0.3 is 6.18 Å². The number of likely N-dealkylation sites (tertiary alicyclic amines) is 1. The molecule has 162 valence electrons. The predicted octanol–water partition coefficient (Wildman–Crippen LogP) is 2.88. The van der Waals surface area contributed by atoms with Crippen LogP contribution in [0.5, 0.6) is 0 Å². The van der Waals surface area contributed by atoms with Crippen LogP contribution in [0.25, 0.3) is 0 Å². The van der Waals surface area contributed by atoms with Crippen molar-refractivity contribution >= 4 is 17.6 Å². The summed E-state index contributed by atoms with van der Waals surface area (Å²) in [6.45, 7) is 1.57. The van der Waals surface area contributed by atoms with E-state index in [1.54, 1.807) is 17.0 Å². The highest BCUT2D eigenvalue weighted by atomic mass is 19.4. The van der Waals surface area contributed by atoms with Crippen LogP contribution in [0.2, 0.25) is 0 Å². The smallest absolute Gasteiger partial charge is 0.410 e. The van der Waals surface area contributed by atoms with E-state index in [-0.39, 0.29) is 23.8 Å². The SMILES string of the molecule is O=C(NCCCN1CCCC1=O)c1cc2n(n1)[C@H](C(F)(F)F)C[C@H](c1ccco1)N2. The number of hydrogen-bond donors (Lipinski definition) is 2. The van der Waals surface area contributed by atoms with Gasteiger partial charge in [-0.05, 0) is 25.0 Å². The second-order valence-corrected chi connectivity index (χ2v) is 7.46. The Kier molecular flexibility index (Phi) is 5.44. The van der Waals surface area contributed by atoms with Crippen LogP contribution in [-0.2, 0) is 4.79 Å². The van der Waals surface area contributed by atoms with Crippen molar-refractivity contribution in [3.8, 4) is 0 Å². The zero-order valence-electron chi connectivity index (χ0n) is 16.1. The van der Waals surface area contributed by atoms with Crippen LogP contribution >= 0.6 is 0 Å². The molecular weight excluding hydrogens is 403 g/mol. The van der Waals surface area contributed by atoms with E-state index in [0.29, 0.717) is 31.7 Å². The van der Waals surface area contributed by atoms with Gasteiger partial charge in [0, 0.05) is 38.5 Å². The van der Waals surface area contributed by atoms with Crippen LogP contribution in [0.3, 0.4) is 0 Å². The van der Waals surface area contributed by atoms with Crippen LogP contribution in [0.4, 0.5) is 19.0 Å². The largest absolute Gasteiger partial charge is 0.467 e. The van der Waals surface area contributed by atoms with Crippen molar-refractivity contribution in [1.29, 1.82) is 0 Å². The first kappa shape index (κ1) is 20.3. The van der Waals surface area contributed by atoms with Gasteiger partial charge in [0.05, 0.1) is 12.3 Å². The fourth-order valence-corrected chi connectivity index (χ4v) is 3.86. The lowest BCUT2D eigenvalue weighted by Gasteiger charge is -2.32. The minimum atomic E-state index is -4.52. The van der Waals surface area contributed by atoms with Gasteiger partial charge in [-0.25, -0.2) is 4.68 Å². The normalized spacial score (nSPS) is 21.4. The Hall–Kier alpha value is -2.98. The van der Waals surface area contributed by atoms with Gasteiger partial charge in [-0.2, -0.15) is 18.3 Å². The molecule has 11 heteroatoms. The number of fused-ring (bicyclic) bond motifs is 1. The Balaban J connectivity index is 1.42. The number of amides is 2. The van der Waals surface area contributed by atoms with Crippen LogP contribution in [0.1, 0.15) is 54.0 Å². The van der Waals surface area contributed by atoms with Crippen molar-refractivity contribution in [1.82, 2.24) is 20.0 Å². The Bertz CT molecular complexity index is 909. The number of anilines is 1. The number of carbonyl (C=O) groups is 2. The van der Waals surface area contributed by atoms with Crippen molar-refractivity contribution in [2.45, 2.75) is 43.9 Å². The van der Waals surface area contributed by atoms with E-state index in [4.69, 9.17) is 4.42 Å². The summed E-state index contributed by atoms with van der Waals surface area (Å²) in [4.78, 5) is 25.7. The zero-order chi connectivity index (χ0) is 21.3. The fourth-order valence-electron chi connectivity index (χ4n) is 3.86. The number of alkyl halides is 3. The molecule has 0 radical (unpaired) electrons. The molecule has 1 saturated heterocycles. The Morgan fingerprint density at radius 3 is 2.90 bits per heavy atom. The number of nitrogens with one attached hydrogen (secondary N) is 2. The molecule has 0 aromatic carbocycles. The number of furan rings is 1. The third-order valence-electron chi connectivity index (χ3n) is 5.37. The maximum absolute atomic E-state index is 13.6. The van der Waals surface area contributed by atoms with Crippen molar-refractivity contribution in [3.05, 3.63) is 35.9 Å². The van der Waals surface area contributed by atoms with Crippen molar-refractivity contribution < 1.29 is 27.2 Å². The van der Waals surface area contributed by atoms with Gasteiger partial charge in [-0.3, -0.25) is 9.59 Å². The minimum absolute atomic E-state index is 0.0934. The standard InChI is InChI=1S/C19H22F3N5O3/c20-19(21,22)15-10-12(14-4-2-9-30-14)24-16-11-13(25-27(15)16)18(29)23-6-3-8-26-7-1-5-17(26)28/h2,4,9,11-12,15,24H,1,3,5-8,10H2,(H,23,29)/t12-,15+/m1/s1. The summed E-state index contributed by atoms with van der Waals surface area (Å²) < 4.78 is 46.9. The van der Waals surface area contributed by atoms with Gasteiger partial charge in [0.1, 0.15) is 11.6 Å². The topological polar surface area (TPSA) is 92.4 Å². The molecule has 2 aromatic heterocycles. The van der Waals surface area contributed by atoms with Crippen LogP contribution < -0.4 is 10.6 Å². The molecule has 4 heterocycles. The van der Waals surface area contributed by atoms with Gasteiger partial charge in [0.15, 0.2) is 11.7 Å². The molecule has 2 amide bonds. The highest BCUT2D eigenvalue weighted by Crippen LogP contribution is 2.43. The van der Waals surface area contributed by atoms with Crippen molar-refractivity contribution in [3.63, 3.8) is 0 Å². The van der Waals surface area contributed by atoms with Gasteiger partial charge in [0.25, 0.3) is 5.91 Å². The maximum atomic E-state index is 13.6. The lowest BCUT2D eigenvalue weighted by atomic mass is 10.0. The zero-order valence-corrected chi connectivity index (χ0v) is 16.1. The number of nitrogens with zero attached hydrogens (tertiary/aromatic N) is 3. The highest BCUT2D eigenvalue weighted by molar-refractivity contribution is 5.93. The summed E-state index contributed by atoms with van der Waals surface area (Å²) in [6.07, 6.45) is -1.45. The number of rotatable bonds is 6. The first-order valence-corrected chi connectivity index (χ1v) is 9.85. The summed E-state index contributed by atoms with van der Waals surface area (Å²) in [5, 5.41) is 9.54. The number of aromatic nitrogens is 2. The monoisotopic (exact) mass is 425 g/mol. The lowest BCUT2D eigenvalue weighted by Crippen LogP contribution is -2.35. The quantitative estimate of drug-likeness (QED) is 0.695. The molecule has 30 heavy (non-hydrogen) atoms. The van der Waals surface area contributed by atoms with E-state index in [0.717, 1.165) is 17.6 Å². The lowest BCUT2D eigenvalue weighted by molar-refractivity contribution is -0.174. The van der Waals surface area contributed by atoms with Crippen LogP contribution in [0, 0.1) is 0 Å². The molecule has 0 unspecified atom stereocenters. The average molecular weight is 425 g/mol. The van der Waals surface area contributed by atoms with Crippen LogP contribution in [0.15, 0.2) is 28.9 Å². The van der Waals surface area contributed by atoms with Crippen molar-refractivity contribution in [2.24, 2.45) is 0 Å². The molecule has 0 saturated carbocycles. The second-order valence-electron chi connectivity index (χ2n) is 7.46. The molecule has 4 rings (SSSR count). The van der Waals surface area contributed by atoms with E-state index >= 15 is 0 Å². The third-order valence-corrected chi connectivity index (χ3v) is 5.37. The van der Waals surface area contributed by atoms with Gasteiger partial charge < -0.3 is 20.0 Å². The van der Waals surface area contributed by atoms with Gasteiger partial charge in [-0.15, -0.1) is 0 Å². The summed E-state index contributed by atoms with van der Waals surface area (Å²) >= 11 is 0. The molecule has 0 spiro atoms. The molecule has 0 aliphatic carbocycles. The van der Waals surface area contributed by atoms with E-state index in [2.05, 4.69) is 15.7 Å². The Morgan fingerprint density at radius 1 is 1.40 bits per heavy atom. The third kappa shape index (κ3) is 4.14. The number of hydrogen-bond acceptors (Lipinski definition) is 5. The predicted molar refractivity (Wildman–Crippen MR) is 99.8 cm³/mol. The van der Waals surface area contributed by atoms with Crippen LogP contribution in [-0.4, -0.2) is 52.3 Å². The Morgan fingerprint density at radius 2 is 2.23 bits per heavy atom. The molecule has 0 bridgehead atoms. The number of carbonyl (C=O) groups excluding carboxylic acids is 2. The number of halogens is 3. The minimum Gasteiger partial charge on any atom is -0.467 e. The van der Waals surface area contributed by atoms with Crippen molar-refractivity contribution in [2.75, 3.05) is 25.0 Å². The summed E-state index contributed by atoms with van der Waals surface area (Å²) in [5.41, 5.74) is -0.0934. The molecule has 2 aliphatic heterocycles. The maximum Gasteiger partial charge on any atom is 0.410 e. The molecule has 2 atom stereocenters. The summed E-state index contributed by atoms with van der Waals surface area (Å²) in [6, 6.07) is 1.99. The van der Waals surface area contributed by atoms with Gasteiger partial charge in [-0.1, -0.05) is 0 Å². The first-order valence-electron chi connectivity index (χ1n) is 9.85. The van der Waals surface area contributed by atoms with E-state index in [1.807, 2.05) is 0 Å². The van der Waals surface area contributed by atoms with E-state index < -0.39 is 24.2 Å². The highest BCUT2D eigenvalue weighted by Gasteiger charge is 2.47. The van der Waals surface area contributed by atoms with E-state index in [1.165, 1.54) is 12.3 Å². The fraction of sp³-hybridized carbons (Fsp3) is 0.526. The molecule has 8 nitrogen and oxygen atoms in total. The Labute approximate surface area is 170 Å². The first-order chi connectivity index (χ1) is 14.3. The molecule has 1 fully saturated rings. The molecule has 2 aliphatic rings. The average Bonchev–Trinajstić information content (AvgIpc) is 3.44. The van der Waals surface area contributed by atoms with Gasteiger partial charge in [0.2, 0.25) is 5.91 Å². The summed E-state index contributed by atoms with van der Waals surface area (Å²) in [7, 11) is 0. The molecule has 2 N–H and O–H groups in total.